The van der Waals surface area contributed by atoms with Crippen molar-refractivity contribution in [2.75, 3.05) is 30.8 Å². The Hall–Kier alpha value is -3.07. The number of nitrogens with one attached hydrogen (secondary N) is 1. The summed E-state index contributed by atoms with van der Waals surface area (Å²) in [5.74, 6) is 0.0848. The second kappa shape index (κ2) is 14.5. The number of methoxy groups -OCH3 is 1. The number of benzene rings is 2. The molecule has 1 unspecified atom stereocenters. The molecule has 198 valence electrons. The minimum absolute atomic E-state index is 0.104. The van der Waals surface area contributed by atoms with E-state index in [0.717, 1.165) is 24.7 Å². The number of hydrogen-bond donors (Lipinski definition) is 1. The van der Waals surface area contributed by atoms with Crippen molar-refractivity contribution in [2.24, 2.45) is 0 Å². The van der Waals surface area contributed by atoms with E-state index in [2.05, 4.69) is 12.2 Å². The Morgan fingerprint density at radius 2 is 1.67 bits per heavy atom. The first-order valence-electron chi connectivity index (χ1n) is 12.4. The molecule has 0 spiro atoms. The standard InChI is InChI=1S/C27H39N3O5S/c1-5-7-19-28-27(32)23(6-2)29(21-22-14-9-8-10-15-22)26(31)18-13-20-30(36(4,33)34)24-16-11-12-17-25(24)35-3/h8-12,14-17,23H,5-7,13,18-21H2,1-4H3,(H,28,32). The third kappa shape index (κ3) is 8.55. The number of unbranched alkanes of at least 4 members (excludes halogenated alkanes) is 1. The molecular formula is C27H39N3O5S. The lowest BCUT2D eigenvalue weighted by Gasteiger charge is -2.31. The van der Waals surface area contributed by atoms with Crippen molar-refractivity contribution < 1.29 is 22.7 Å². The molecule has 0 radical (unpaired) electrons. The van der Waals surface area contributed by atoms with Crippen LogP contribution in [-0.2, 0) is 26.2 Å². The molecule has 0 aromatic heterocycles. The fraction of sp³-hybridized carbons (Fsp3) is 0.481. The molecule has 2 aromatic rings. The van der Waals surface area contributed by atoms with Gasteiger partial charge in [0, 0.05) is 26.1 Å². The Bertz CT molecular complexity index is 1080. The van der Waals surface area contributed by atoms with Crippen LogP contribution in [0.2, 0.25) is 0 Å². The van der Waals surface area contributed by atoms with Crippen LogP contribution in [-0.4, -0.2) is 57.6 Å². The molecule has 1 atom stereocenters. The number of amides is 2. The third-order valence-electron chi connectivity index (χ3n) is 5.92. The summed E-state index contributed by atoms with van der Waals surface area (Å²) in [7, 11) is -2.11. The molecule has 0 saturated carbocycles. The minimum atomic E-state index is -3.60. The van der Waals surface area contributed by atoms with Crippen LogP contribution in [0.3, 0.4) is 0 Å². The SMILES string of the molecule is CCCCNC(=O)C(CC)N(Cc1ccccc1)C(=O)CCCN(c1ccccc1OC)S(C)(=O)=O. The molecule has 2 aromatic carbocycles. The molecule has 8 nitrogen and oxygen atoms in total. The third-order valence-corrected chi connectivity index (χ3v) is 7.10. The van der Waals surface area contributed by atoms with Gasteiger partial charge in [0.15, 0.2) is 0 Å². The van der Waals surface area contributed by atoms with Gasteiger partial charge in [0.1, 0.15) is 11.8 Å². The van der Waals surface area contributed by atoms with Crippen molar-refractivity contribution >= 4 is 27.5 Å². The fourth-order valence-corrected chi connectivity index (χ4v) is 4.99. The van der Waals surface area contributed by atoms with E-state index >= 15 is 0 Å². The van der Waals surface area contributed by atoms with Crippen molar-refractivity contribution in [3.8, 4) is 5.75 Å². The molecule has 0 aliphatic heterocycles. The zero-order valence-electron chi connectivity index (χ0n) is 21.8. The van der Waals surface area contributed by atoms with Crippen LogP contribution < -0.4 is 14.4 Å². The number of sulfonamides is 1. The van der Waals surface area contributed by atoms with Crippen LogP contribution in [0, 0.1) is 0 Å². The van der Waals surface area contributed by atoms with Crippen LogP contribution in [0.5, 0.6) is 5.75 Å². The zero-order chi connectivity index (χ0) is 26.6. The second-order valence-electron chi connectivity index (χ2n) is 8.69. The predicted octanol–water partition coefficient (Wildman–Crippen LogP) is 3.97. The highest BCUT2D eigenvalue weighted by Gasteiger charge is 2.29. The average Bonchev–Trinajstić information content (AvgIpc) is 2.86. The van der Waals surface area contributed by atoms with E-state index in [4.69, 9.17) is 4.74 Å². The van der Waals surface area contributed by atoms with E-state index in [0.29, 0.717) is 37.4 Å². The maximum absolute atomic E-state index is 13.4. The van der Waals surface area contributed by atoms with E-state index in [1.54, 1.807) is 29.2 Å². The molecule has 0 aliphatic rings. The lowest BCUT2D eigenvalue weighted by molar-refractivity contribution is -0.141. The summed E-state index contributed by atoms with van der Waals surface area (Å²) in [5.41, 5.74) is 1.36. The molecule has 0 aliphatic carbocycles. The van der Waals surface area contributed by atoms with E-state index in [1.807, 2.05) is 37.3 Å². The summed E-state index contributed by atoms with van der Waals surface area (Å²) < 4.78 is 31.7. The van der Waals surface area contributed by atoms with Crippen molar-refractivity contribution in [3.63, 3.8) is 0 Å². The van der Waals surface area contributed by atoms with Crippen molar-refractivity contribution in [3.05, 3.63) is 60.2 Å². The number of rotatable bonds is 15. The van der Waals surface area contributed by atoms with Crippen LogP contribution in [0.4, 0.5) is 5.69 Å². The topological polar surface area (TPSA) is 96.0 Å². The van der Waals surface area contributed by atoms with Gasteiger partial charge in [0.25, 0.3) is 0 Å². The van der Waals surface area contributed by atoms with E-state index in [1.165, 1.54) is 11.4 Å². The molecule has 2 amide bonds. The molecule has 36 heavy (non-hydrogen) atoms. The summed E-state index contributed by atoms with van der Waals surface area (Å²) in [6.07, 6.45) is 3.85. The average molecular weight is 518 g/mol. The van der Waals surface area contributed by atoms with Crippen molar-refractivity contribution in [1.29, 1.82) is 0 Å². The minimum Gasteiger partial charge on any atom is -0.495 e. The van der Waals surface area contributed by atoms with E-state index in [9.17, 15) is 18.0 Å². The van der Waals surface area contributed by atoms with E-state index in [-0.39, 0.29) is 24.8 Å². The van der Waals surface area contributed by atoms with Crippen LogP contribution in [0.1, 0.15) is 51.5 Å². The largest absolute Gasteiger partial charge is 0.495 e. The summed E-state index contributed by atoms with van der Waals surface area (Å²) in [4.78, 5) is 28.0. The smallest absolute Gasteiger partial charge is 0.242 e. The number of hydrogen-bond acceptors (Lipinski definition) is 5. The summed E-state index contributed by atoms with van der Waals surface area (Å²) in [6.45, 7) is 4.94. The highest BCUT2D eigenvalue weighted by Crippen LogP contribution is 2.29. The van der Waals surface area contributed by atoms with Crippen molar-refractivity contribution in [2.45, 2.75) is 58.5 Å². The maximum Gasteiger partial charge on any atom is 0.242 e. The number of ether oxygens (including phenoxy) is 1. The van der Waals surface area contributed by atoms with Gasteiger partial charge in [-0.15, -0.1) is 0 Å². The molecule has 0 fully saturated rings. The highest BCUT2D eigenvalue weighted by atomic mass is 32.2. The van der Waals surface area contributed by atoms with Crippen molar-refractivity contribution in [1.82, 2.24) is 10.2 Å². The number of carbonyl (C=O) groups is 2. The summed E-state index contributed by atoms with van der Waals surface area (Å²) in [5, 5.41) is 2.95. The molecule has 9 heteroatoms. The van der Waals surface area contributed by atoms with Gasteiger partial charge in [-0.25, -0.2) is 8.42 Å². The van der Waals surface area contributed by atoms with Gasteiger partial charge in [-0.05, 0) is 37.0 Å². The van der Waals surface area contributed by atoms with Gasteiger partial charge >= 0.3 is 0 Å². The van der Waals surface area contributed by atoms with E-state index < -0.39 is 16.1 Å². The Kier molecular flexibility index (Phi) is 11.7. The zero-order valence-corrected chi connectivity index (χ0v) is 22.6. The number of nitrogens with zero attached hydrogens (tertiary/aromatic N) is 2. The Morgan fingerprint density at radius 3 is 2.28 bits per heavy atom. The Labute approximate surface area is 215 Å². The lowest BCUT2D eigenvalue weighted by atomic mass is 10.1. The first-order chi connectivity index (χ1) is 17.2. The maximum atomic E-state index is 13.4. The quantitative estimate of drug-likeness (QED) is 0.361. The Balaban J connectivity index is 2.19. The lowest BCUT2D eigenvalue weighted by Crippen LogP contribution is -2.49. The second-order valence-corrected chi connectivity index (χ2v) is 10.6. The molecular weight excluding hydrogens is 478 g/mol. The first kappa shape index (κ1) is 29.2. The van der Waals surface area contributed by atoms with Crippen LogP contribution in [0.25, 0.3) is 0 Å². The fourth-order valence-electron chi connectivity index (χ4n) is 4.02. The molecule has 0 heterocycles. The molecule has 2 rings (SSSR count). The highest BCUT2D eigenvalue weighted by molar-refractivity contribution is 7.92. The van der Waals surface area contributed by atoms with Crippen LogP contribution >= 0.6 is 0 Å². The van der Waals surface area contributed by atoms with Gasteiger partial charge in [-0.2, -0.15) is 0 Å². The Morgan fingerprint density at radius 1 is 1.00 bits per heavy atom. The number of carbonyl (C=O) groups excluding carboxylic acids is 2. The number of para-hydroxylation sites is 2. The predicted molar refractivity (Wildman–Crippen MR) is 143 cm³/mol. The van der Waals surface area contributed by atoms with Gasteiger partial charge in [0.2, 0.25) is 21.8 Å². The molecule has 0 saturated heterocycles. The molecule has 1 N–H and O–H groups in total. The van der Waals surface area contributed by atoms with Gasteiger partial charge in [-0.1, -0.05) is 62.7 Å². The molecule has 0 bridgehead atoms. The summed E-state index contributed by atoms with van der Waals surface area (Å²) >= 11 is 0. The summed E-state index contributed by atoms with van der Waals surface area (Å²) in [6, 6.07) is 15.8. The first-order valence-corrected chi connectivity index (χ1v) is 14.3. The van der Waals surface area contributed by atoms with Gasteiger partial charge < -0.3 is 15.0 Å². The normalized spacial score (nSPS) is 12.0. The van der Waals surface area contributed by atoms with Gasteiger partial charge in [0.05, 0.1) is 19.1 Å². The van der Waals surface area contributed by atoms with Gasteiger partial charge in [-0.3, -0.25) is 13.9 Å². The number of anilines is 1. The van der Waals surface area contributed by atoms with Crippen LogP contribution in [0.15, 0.2) is 54.6 Å². The monoisotopic (exact) mass is 517 g/mol.